The predicted octanol–water partition coefficient (Wildman–Crippen LogP) is 5.18. The van der Waals surface area contributed by atoms with Gasteiger partial charge in [-0.05, 0) is 58.1 Å². The van der Waals surface area contributed by atoms with Gasteiger partial charge < -0.3 is 10.6 Å². The average Bonchev–Trinajstić information content (AvgIpc) is 3.32. The molecule has 0 atom stereocenters. The normalized spacial score (nSPS) is 14.5. The van der Waals surface area contributed by atoms with Gasteiger partial charge in [-0.1, -0.05) is 25.1 Å². The van der Waals surface area contributed by atoms with E-state index < -0.39 is 0 Å². The summed E-state index contributed by atoms with van der Waals surface area (Å²) < 4.78 is 0. The average molecular weight is 324 g/mol. The number of aromatic nitrogens is 2. The molecule has 1 saturated carbocycles. The van der Waals surface area contributed by atoms with E-state index >= 15 is 0 Å². The SMILES string of the molecule is CCc1cccc(C)c1Nc1cc(C2CC2)nc(NC(C)(C)C)n1. The van der Waals surface area contributed by atoms with E-state index in [2.05, 4.69) is 69.5 Å². The molecule has 4 heteroatoms. The lowest BCUT2D eigenvalue weighted by molar-refractivity contribution is 0.625. The molecular formula is C20H28N4. The number of rotatable bonds is 5. The highest BCUT2D eigenvalue weighted by Gasteiger charge is 2.27. The molecule has 0 aliphatic heterocycles. The maximum Gasteiger partial charge on any atom is 0.225 e. The van der Waals surface area contributed by atoms with E-state index in [1.54, 1.807) is 0 Å². The van der Waals surface area contributed by atoms with Gasteiger partial charge in [0.1, 0.15) is 5.82 Å². The van der Waals surface area contributed by atoms with Gasteiger partial charge in [-0.15, -0.1) is 0 Å². The molecule has 24 heavy (non-hydrogen) atoms. The van der Waals surface area contributed by atoms with Crippen LogP contribution in [0.5, 0.6) is 0 Å². The van der Waals surface area contributed by atoms with E-state index in [0.717, 1.165) is 17.9 Å². The van der Waals surface area contributed by atoms with Crippen LogP contribution in [0.25, 0.3) is 0 Å². The van der Waals surface area contributed by atoms with Gasteiger partial charge in [-0.3, -0.25) is 0 Å². The van der Waals surface area contributed by atoms with Crippen LogP contribution in [-0.4, -0.2) is 15.5 Å². The van der Waals surface area contributed by atoms with Crippen LogP contribution in [0.4, 0.5) is 17.5 Å². The summed E-state index contributed by atoms with van der Waals surface area (Å²) in [5, 5.41) is 6.96. The standard InChI is InChI=1S/C20H28N4/c1-6-14-9-7-8-13(2)18(14)22-17-12-16(15-10-11-15)21-19(23-17)24-20(3,4)5/h7-9,12,15H,6,10-11H2,1-5H3,(H2,21,22,23,24). The molecule has 1 heterocycles. The molecule has 1 aliphatic carbocycles. The van der Waals surface area contributed by atoms with Crippen molar-refractivity contribution in [2.45, 2.75) is 65.3 Å². The molecule has 2 N–H and O–H groups in total. The first-order valence-electron chi connectivity index (χ1n) is 8.88. The molecule has 128 valence electrons. The monoisotopic (exact) mass is 324 g/mol. The Labute approximate surface area is 145 Å². The number of anilines is 3. The lowest BCUT2D eigenvalue weighted by atomic mass is 10.1. The summed E-state index contributed by atoms with van der Waals surface area (Å²) in [5.41, 5.74) is 4.81. The maximum absolute atomic E-state index is 4.73. The first-order chi connectivity index (χ1) is 11.4. The van der Waals surface area contributed by atoms with Crippen LogP contribution in [0.3, 0.4) is 0 Å². The van der Waals surface area contributed by atoms with Gasteiger partial charge in [0.15, 0.2) is 0 Å². The van der Waals surface area contributed by atoms with Crippen molar-refractivity contribution in [2.24, 2.45) is 0 Å². The molecule has 0 bridgehead atoms. The Kier molecular flexibility index (Phi) is 4.48. The smallest absolute Gasteiger partial charge is 0.225 e. The molecule has 0 amide bonds. The second-order valence-corrected chi connectivity index (χ2v) is 7.74. The highest BCUT2D eigenvalue weighted by Crippen LogP contribution is 2.40. The summed E-state index contributed by atoms with van der Waals surface area (Å²) in [4.78, 5) is 9.43. The molecule has 1 aromatic carbocycles. The van der Waals surface area contributed by atoms with Gasteiger partial charge in [-0.25, -0.2) is 4.98 Å². The van der Waals surface area contributed by atoms with Crippen LogP contribution < -0.4 is 10.6 Å². The zero-order chi connectivity index (χ0) is 17.3. The first-order valence-corrected chi connectivity index (χ1v) is 8.88. The molecule has 1 aromatic heterocycles. The summed E-state index contributed by atoms with van der Waals surface area (Å²) in [6.07, 6.45) is 3.46. The number of nitrogens with zero attached hydrogens (tertiary/aromatic N) is 2. The molecule has 1 aliphatic rings. The van der Waals surface area contributed by atoms with Crippen LogP contribution in [0, 0.1) is 6.92 Å². The number of hydrogen-bond donors (Lipinski definition) is 2. The van der Waals surface area contributed by atoms with Gasteiger partial charge in [0.05, 0.1) is 5.69 Å². The van der Waals surface area contributed by atoms with Crippen LogP contribution in [-0.2, 0) is 6.42 Å². The summed E-state index contributed by atoms with van der Waals surface area (Å²) in [6, 6.07) is 8.53. The minimum atomic E-state index is -0.0588. The van der Waals surface area contributed by atoms with E-state index in [1.807, 2.05) is 0 Å². The fraction of sp³-hybridized carbons (Fsp3) is 0.500. The summed E-state index contributed by atoms with van der Waals surface area (Å²) >= 11 is 0. The Bertz CT molecular complexity index is 727. The minimum Gasteiger partial charge on any atom is -0.350 e. The van der Waals surface area contributed by atoms with Gasteiger partial charge in [0.25, 0.3) is 0 Å². The zero-order valence-electron chi connectivity index (χ0n) is 15.4. The number of nitrogens with one attached hydrogen (secondary N) is 2. The van der Waals surface area contributed by atoms with Crippen molar-refractivity contribution in [1.82, 2.24) is 9.97 Å². The van der Waals surface area contributed by atoms with Crippen molar-refractivity contribution < 1.29 is 0 Å². The zero-order valence-corrected chi connectivity index (χ0v) is 15.4. The number of para-hydroxylation sites is 1. The Hall–Kier alpha value is -2.10. The van der Waals surface area contributed by atoms with Crippen LogP contribution in [0.2, 0.25) is 0 Å². The summed E-state index contributed by atoms with van der Waals surface area (Å²) in [7, 11) is 0. The molecule has 1 fully saturated rings. The third-order valence-corrected chi connectivity index (χ3v) is 4.22. The molecule has 2 aromatic rings. The summed E-state index contributed by atoms with van der Waals surface area (Å²) in [6.45, 7) is 10.7. The van der Waals surface area contributed by atoms with Crippen molar-refractivity contribution in [3.05, 3.63) is 41.1 Å². The fourth-order valence-corrected chi connectivity index (χ4v) is 2.84. The lowest BCUT2D eigenvalue weighted by Gasteiger charge is -2.22. The molecule has 0 spiro atoms. The van der Waals surface area contributed by atoms with E-state index in [-0.39, 0.29) is 5.54 Å². The van der Waals surface area contributed by atoms with Crippen molar-refractivity contribution in [3.63, 3.8) is 0 Å². The molecular weight excluding hydrogens is 296 g/mol. The highest BCUT2D eigenvalue weighted by molar-refractivity contribution is 5.65. The second-order valence-electron chi connectivity index (χ2n) is 7.74. The van der Waals surface area contributed by atoms with Crippen LogP contribution in [0.1, 0.15) is 63.3 Å². The van der Waals surface area contributed by atoms with Gasteiger partial charge in [0.2, 0.25) is 5.95 Å². The molecule has 3 rings (SSSR count). The Balaban J connectivity index is 1.95. The fourth-order valence-electron chi connectivity index (χ4n) is 2.84. The maximum atomic E-state index is 4.73. The Morgan fingerprint density at radius 3 is 2.54 bits per heavy atom. The van der Waals surface area contributed by atoms with Crippen molar-refractivity contribution in [1.29, 1.82) is 0 Å². The molecule has 0 radical (unpaired) electrons. The predicted molar refractivity (Wildman–Crippen MR) is 101 cm³/mol. The largest absolute Gasteiger partial charge is 0.350 e. The van der Waals surface area contributed by atoms with E-state index in [1.165, 1.54) is 29.7 Å². The molecule has 0 saturated heterocycles. The quantitative estimate of drug-likeness (QED) is 0.795. The van der Waals surface area contributed by atoms with E-state index in [0.29, 0.717) is 11.9 Å². The molecule has 0 unspecified atom stereocenters. The van der Waals surface area contributed by atoms with E-state index in [4.69, 9.17) is 9.97 Å². The van der Waals surface area contributed by atoms with Crippen molar-refractivity contribution in [3.8, 4) is 0 Å². The van der Waals surface area contributed by atoms with Gasteiger partial charge in [-0.2, -0.15) is 4.98 Å². The summed E-state index contributed by atoms with van der Waals surface area (Å²) in [5.74, 6) is 2.18. The van der Waals surface area contributed by atoms with E-state index in [9.17, 15) is 0 Å². The molecule has 4 nitrogen and oxygen atoms in total. The topological polar surface area (TPSA) is 49.8 Å². The lowest BCUT2D eigenvalue weighted by Crippen LogP contribution is -2.27. The highest BCUT2D eigenvalue weighted by atomic mass is 15.2. The number of benzene rings is 1. The second kappa shape index (κ2) is 6.42. The Morgan fingerprint density at radius 1 is 1.17 bits per heavy atom. The van der Waals surface area contributed by atoms with Gasteiger partial charge in [0, 0.05) is 23.2 Å². The van der Waals surface area contributed by atoms with Crippen LogP contribution >= 0.6 is 0 Å². The number of hydrogen-bond acceptors (Lipinski definition) is 4. The Morgan fingerprint density at radius 2 is 1.92 bits per heavy atom. The third-order valence-electron chi connectivity index (χ3n) is 4.22. The van der Waals surface area contributed by atoms with Crippen molar-refractivity contribution >= 4 is 17.5 Å². The van der Waals surface area contributed by atoms with Crippen LogP contribution in [0.15, 0.2) is 24.3 Å². The minimum absolute atomic E-state index is 0.0588. The van der Waals surface area contributed by atoms with Crippen molar-refractivity contribution in [2.75, 3.05) is 10.6 Å². The van der Waals surface area contributed by atoms with Gasteiger partial charge >= 0.3 is 0 Å². The number of aryl methyl sites for hydroxylation is 2. The first kappa shape index (κ1) is 16.7. The third kappa shape index (κ3) is 4.05.